The molecule has 10 nitrogen and oxygen atoms in total. The fraction of sp³-hybridized carbons (Fsp3) is 0.500. The standard InChI is InChI=1S/C12H14N2O8/c15-9(19-5-7-3-13-11(17)21-7)1-2-10(16)20-6-8-4-14-12(18)22-8/h1-2,7-8H,3-6H2,(H,13,17)(H,14,18)/b2-1+/t7-,8-/m0/s1. The van der Waals surface area contributed by atoms with E-state index in [0.717, 1.165) is 12.2 Å². The summed E-state index contributed by atoms with van der Waals surface area (Å²) in [7, 11) is 0. The molecule has 2 rings (SSSR count). The van der Waals surface area contributed by atoms with Crippen LogP contribution in [0.15, 0.2) is 12.2 Å². The molecular weight excluding hydrogens is 300 g/mol. The molecule has 0 aromatic rings. The first-order valence-electron chi connectivity index (χ1n) is 6.43. The lowest BCUT2D eigenvalue weighted by Gasteiger charge is -2.07. The Kier molecular flexibility index (Phi) is 5.17. The highest BCUT2D eigenvalue weighted by atomic mass is 16.6. The van der Waals surface area contributed by atoms with Crippen molar-refractivity contribution in [1.29, 1.82) is 0 Å². The Morgan fingerprint density at radius 3 is 1.68 bits per heavy atom. The third-order valence-electron chi connectivity index (χ3n) is 2.67. The van der Waals surface area contributed by atoms with Crippen LogP contribution in [-0.2, 0) is 28.5 Å². The van der Waals surface area contributed by atoms with Crippen molar-refractivity contribution in [2.75, 3.05) is 26.3 Å². The molecule has 0 bridgehead atoms. The number of hydrogen-bond acceptors (Lipinski definition) is 8. The van der Waals surface area contributed by atoms with E-state index in [1.807, 2.05) is 0 Å². The van der Waals surface area contributed by atoms with Crippen LogP contribution in [0.4, 0.5) is 9.59 Å². The van der Waals surface area contributed by atoms with Crippen LogP contribution in [0.5, 0.6) is 0 Å². The number of carbonyl (C=O) groups excluding carboxylic acids is 4. The largest absolute Gasteiger partial charge is 0.459 e. The van der Waals surface area contributed by atoms with Crippen LogP contribution in [0.3, 0.4) is 0 Å². The zero-order chi connectivity index (χ0) is 15.9. The fourth-order valence-corrected chi connectivity index (χ4v) is 1.63. The van der Waals surface area contributed by atoms with Crippen LogP contribution in [0.2, 0.25) is 0 Å². The Morgan fingerprint density at radius 1 is 0.955 bits per heavy atom. The van der Waals surface area contributed by atoms with E-state index in [4.69, 9.17) is 18.9 Å². The Hall–Kier alpha value is -2.78. The van der Waals surface area contributed by atoms with Crippen LogP contribution in [0.1, 0.15) is 0 Å². The molecule has 0 aliphatic carbocycles. The maximum Gasteiger partial charge on any atom is 0.407 e. The highest BCUT2D eigenvalue weighted by Crippen LogP contribution is 2.02. The monoisotopic (exact) mass is 314 g/mol. The zero-order valence-electron chi connectivity index (χ0n) is 11.4. The molecule has 120 valence electrons. The third kappa shape index (κ3) is 4.96. The Bertz CT molecular complexity index is 459. The highest BCUT2D eigenvalue weighted by Gasteiger charge is 2.24. The maximum atomic E-state index is 11.3. The van der Waals surface area contributed by atoms with Crippen molar-refractivity contribution >= 4 is 24.1 Å². The van der Waals surface area contributed by atoms with Gasteiger partial charge >= 0.3 is 24.1 Å². The minimum Gasteiger partial charge on any atom is -0.459 e. The van der Waals surface area contributed by atoms with Crippen LogP contribution >= 0.6 is 0 Å². The molecule has 22 heavy (non-hydrogen) atoms. The van der Waals surface area contributed by atoms with Gasteiger partial charge in [0.2, 0.25) is 0 Å². The van der Waals surface area contributed by atoms with Crippen LogP contribution in [0.25, 0.3) is 0 Å². The van der Waals surface area contributed by atoms with Gasteiger partial charge in [-0.15, -0.1) is 0 Å². The quantitative estimate of drug-likeness (QED) is 0.357. The van der Waals surface area contributed by atoms with Gasteiger partial charge in [0.1, 0.15) is 13.2 Å². The molecule has 2 amide bonds. The Labute approximate surface area is 124 Å². The van der Waals surface area contributed by atoms with Crippen molar-refractivity contribution in [1.82, 2.24) is 10.6 Å². The van der Waals surface area contributed by atoms with E-state index in [1.54, 1.807) is 0 Å². The molecule has 2 aliphatic heterocycles. The van der Waals surface area contributed by atoms with Crippen LogP contribution in [0, 0.1) is 0 Å². The van der Waals surface area contributed by atoms with Crippen molar-refractivity contribution in [2.24, 2.45) is 0 Å². The molecule has 10 heteroatoms. The van der Waals surface area contributed by atoms with Crippen molar-refractivity contribution in [3.05, 3.63) is 12.2 Å². The summed E-state index contributed by atoms with van der Waals surface area (Å²) in [6.45, 7) is 0.291. The summed E-state index contributed by atoms with van der Waals surface area (Å²) in [5.74, 6) is -1.54. The third-order valence-corrected chi connectivity index (χ3v) is 2.67. The van der Waals surface area contributed by atoms with E-state index in [-0.39, 0.29) is 26.3 Å². The first-order chi connectivity index (χ1) is 10.5. The van der Waals surface area contributed by atoms with Gasteiger partial charge in [-0.05, 0) is 0 Å². The van der Waals surface area contributed by atoms with Crippen molar-refractivity contribution in [3.8, 4) is 0 Å². The predicted molar refractivity (Wildman–Crippen MR) is 67.6 cm³/mol. The summed E-state index contributed by atoms with van der Waals surface area (Å²) in [5.41, 5.74) is 0. The SMILES string of the molecule is O=C(/C=C/C(=O)OC[C@@H]1CNC(=O)O1)OC[C@@H]1CNC(=O)O1. The molecule has 0 unspecified atom stereocenters. The molecule has 2 heterocycles. The van der Waals surface area contributed by atoms with Gasteiger partial charge in [-0.1, -0.05) is 0 Å². The van der Waals surface area contributed by atoms with Gasteiger partial charge in [-0.25, -0.2) is 19.2 Å². The minimum absolute atomic E-state index is 0.110. The van der Waals surface area contributed by atoms with Crippen molar-refractivity contribution in [2.45, 2.75) is 12.2 Å². The van der Waals surface area contributed by atoms with E-state index in [0.29, 0.717) is 0 Å². The smallest absolute Gasteiger partial charge is 0.407 e. The van der Waals surface area contributed by atoms with Gasteiger partial charge in [-0.3, -0.25) is 0 Å². The molecular formula is C12H14N2O8. The van der Waals surface area contributed by atoms with Gasteiger partial charge in [0.05, 0.1) is 13.1 Å². The first kappa shape index (κ1) is 15.6. The van der Waals surface area contributed by atoms with Crippen molar-refractivity contribution < 1.29 is 38.1 Å². The molecule has 0 spiro atoms. The van der Waals surface area contributed by atoms with Gasteiger partial charge in [0, 0.05) is 12.2 Å². The predicted octanol–water partition coefficient (Wildman–Crippen LogP) is -1.15. The van der Waals surface area contributed by atoms with Crippen molar-refractivity contribution in [3.63, 3.8) is 0 Å². The van der Waals surface area contributed by atoms with Gasteiger partial charge in [0.15, 0.2) is 12.2 Å². The molecule has 0 radical (unpaired) electrons. The average Bonchev–Trinajstić information content (AvgIpc) is 3.09. The number of alkyl carbamates (subject to hydrolysis) is 2. The molecule has 2 N–H and O–H groups in total. The Morgan fingerprint density at radius 2 is 1.36 bits per heavy atom. The number of hydrogen-bond donors (Lipinski definition) is 2. The summed E-state index contributed by atoms with van der Waals surface area (Å²) in [6, 6.07) is 0. The van der Waals surface area contributed by atoms with Crippen LogP contribution in [-0.4, -0.2) is 62.6 Å². The number of rotatable bonds is 6. The number of esters is 2. The van der Waals surface area contributed by atoms with E-state index in [9.17, 15) is 19.2 Å². The molecule has 2 fully saturated rings. The number of cyclic esters (lactones) is 2. The Balaban J connectivity index is 1.60. The summed E-state index contributed by atoms with van der Waals surface area (Å²) in [5, 5.41) is 4.81. The lowest BCUT2D eigenvalue weighted by atomic mass is 10.4. The fourth-order valence-electron chi connectivity index (χ4n) is 1.63. The molecule has 2 atom stereocenters. The normalized spacial score (nSPS) is 23.5. The molecule has 0 saturated carbocycles. The lowest BCUT2D eigenvalue weighted by Crippen LogP contribution is -2.22. The second-order valence-corrected chi connectivity index (χ2v) is 4.41. The molecule has 0 aromatic heterocycles. The average molecular weight is 314 g/mol. The summed E-state index contributed by atoms with van der Waals surface area (Å²) in [6.07, 6.45) is -0.427. The lowest BCUT2D eigenvalue weighted by molar-refractivity contribution is -0.142. The van der Waals surface area contributed by atoms with Gasteiger partial charge < -0.3 is 29.6 Å². The van der Waals surface area contributed by atoms with Gasteiger partial charge in [0.25, 0.3) is 0 Å². The highest BCUT2D eigenvalue weighted by molar-refractivity contribution is 5.91. The summed E-state index contributed by atoms with van der Waals surface area (Å²) < 4.78 is 19.1. The summed E-state index contributed by atoms with van der Waals surface area (Å²) >= 11 is 0. The maximum absolute atomic E-state index is 11.3. The molecule has 2 saturated heterocycles. The van der Waals surface area contributed by atoms with E-state index in [1.165, 1.54) is 0 Å². The number of amides is 2. The van der Waals surface area contributed by atoms with Crippen LogP contribution < -0.4 is 10.6 Å². The number of nitrogens with one attached hydrogen (secondary N) is 2. The number of carbonyl (C=O) groups is 4. The van der Waals surface area contributed by atoms with E-state index >= 15 is 0 Å². The van der Waals surface area contributed by atoms with E-state index < -0.39 is 36.3 Å². The second-order valence-electron chi connectivity index (χ2n) is 4.41. The summed E-state index contributed by atoms with van der Waals surface area (Å²) in [4.78, 5) is 44.1. The minimum atomic E-state index is -0.770. The van der Waals surface area contributed by atoms with E-state index in [2.05, 4.69) is 10.6 Å². The van der Waals surface area contributed by atoms with Gasteiger partial charge in [-0.2, -0.15) is 0 Å². The number of ether oxygens (including phenoxy) is 4. The molecule has 0 aromatic carbocycles. The second kappa shape index (κ2) is 7.29. The first-order valence-corrected chi connectivity index (χ1v) is 6.43. The zero-order valence-corrected chi connectivity index (χ0v) is 11.4. The molecule has 2 aliphatic rings. The topological polar surface area (TPSA) is 129 Å².